The van der Waals surface area contributed by atoms with Crippen molar-refractivity contribution in [3.05, 3.63) is 88.7 Å². The lowest BCUT2D eigenvalue weighted by molar-refractivity contribution is -0.132. The fourth-order valence-electron chi connectivity index (χ4n) is 3.32. The van der Waals surface area contributed by atoms with E-state index >= 15 is 0 Å². The molecule has 0 saturated carbocycles. The molecule has 0 bridgehead atoms. The zero-order valence-corrected chi connectivity index (χ0v) is 16.6. The molecule has 1 amide bonds. The summed E-state index contributed by atoms with van der Waals surface area (Å²) in [5.41, 5.74) is 0.905. The van der Waals surface area contributed by atoms with Crippen LogP contribution >= 0.6 is 11.6 Å². The zero-order valence-electron chi connectivity index (χ0n) is 15.8. The van der Waals surface area contributed by atoms with Crippen molar-refractivity contribution in [2.24, 2.45) is 0 Å². The lowest BCUT2D eigenvalue weighted by Gasteiger charge is -2.23. The molecule has 1 aromatic heterocycles. The largest absolute Gasteiger partial charge is 0.507 e. The third-order valence-corrected chi connectivity index (χ3v) is 5.01. The second-order valence-corrected chi connectivity index (χ2v) is 6.93. The Balaban J connectivity index is 1.91. The number of anilines is 1. The van der Waals surface area contributed by atoms with Gasteiger partial charge in [0.1, 0.15) is 11.5 Å². The minimum atomic E-state index is -0.910. The number of aromatic nitrogens is 2. The van der Waals surface area contributed by atoms with Gasteiger partial charge in [-0.05, 0) is 48.0 Å². The second-order valence-electron chi connectivity index (χ2n) is 6.50. The number of aliphatic hydroxyl groups excluding tert-OH is 1. The maximum atomic E-state index is 13.0. The van der Waals surface area contributed by atoms with Crippen molar-refractivity contribution in [3.8, 4) is 5.75 Å². The average Bonchev–Trinajstić information content (AvgIpc) is 3.05. The van der Waals surface area contributed by atoms with Crippen LogP contribution in [0.3, 0.4) is 0 Å². The number of hydrogen-bond acceptors (Lipinski definition) is 6. The van der Waals surface area contributed by atoms with Gasteiger partial charge in [-0.15, -0.1) is 0 Å². The van der Waals surface area contributed by atoms with Crippen LogP contribution in [0, 0.1) is 0 Å². The van der Waals surface area contributed by atoms with Gasteiger partial charge in [0, 0.05) is 23.0 Å². The Morgan fingerprint density at radius 2 is 1.67 bits per heavy atom. The number of hydrogen-bond donors (Lipinski definition) is 1. The van der Waals surface area contributed by atoms with E-state index in [4.69, 9.17) is 16.3 Å². The van der Waals surface area contributed by atoms with Crippen molar-refractivity contribution in [3.63, 3.8) is 0 Å². The highest BCUT2D eigenvalue weighted by molar-refractivity contribution is 6.51. The highest BCUT2D eigenvalue weighted by atomic mass is 35.5. The lowest BCUT2D eigenvalue weighted by Crippen LogP contribution is -2.31. The molecule has 1 saturated heterocycles. The molecule has 150 valence electrons. The summed E-state index contributed by atoms with van der Waals surface area (Å²) in [6.45, 7) is 0. The first-order valence-corrected chi connectivity index (χ1v) is 9.37. The van der Waals surface area contributed by atoms with Gasteiger partial charge in [0.05, 0.1) is 18.7 Å². The smallest absolute Gasteiger partial charge is 0.302 e. The Morgan fingerprint density at radius 3 is 2.27 bits per heavy atom. The van der Waals surface area contributed by atoms with Gasteiger partial charge in [-0.1, -0.05) is 23.7 Å². The maximum Gasteiger partial charge on any atom is 0.302 e. The predicted octanol–water partition coefficient (Wildman–Crippen LogP) is 3.76. The molecule has 0 radical (unpaired) electrons. The average molecular weight is 422 g/mol. The quantitative estimate of drug-likeness (QED) is 0.391. The molecule has 1 N–H and O–H groups in total. The van der Waals surface area contributed by atoms with Crippen LogP contribution in [0.1, 0.15) is 17.2 Å². The number of halogens is 1. The normalized spacial score (nSPS) is 17.9. The topological polar surface area (TPSA) is 92.6 Å². The molecule has 3 aromatic rings. The summed E-state index contributed by atoms with van der Waals surface area (Å²) >= 11 is 6.01. The molecule has 1 aliphatic rings. The van der Waals surface area contributed by atoms with Gasteiger partial charge in [0.15, 0.2) is 0 Å². The van der Waals surface area contributed by atoms with Crippen LogP contribution in [0.5, 0.6) is 5.75 Å². The number of nitrogens with zero attached hydrogens (tertiary/aromatic N) is 3. The molecule has 0 spiro atoms. The monoisotopic (exact) mass is 421 g/mol. The van der Waals surface area contributed by atoms with Gasteiger partial charge in [0.25, 0.3) is 5.78 Å². The van der Waals surface area contributed by atoms with E-state index in [1.807, 2.05) is 0 Å². The van der Waals surface area contributed by atoms with E-state index in [0.717, 1.165) is 0 Å². The van der Waals surface area contributed by atoms with E-state index in [1.54, 1.807) is 54.6 Å². The third kappa shape index (κ3) is 3.40. The second kappa shape index (κ2) is 7.96. The van der Waals surface area contributed by atoms with Gasteiger partial charge in [-0.2, -0.15) is 0 Å². The van der Waals surface area contributed by atoms with Gasteiger partial charge in [-0.25, -0.2) is 9.97 Å². The molecule has 1 fully saturated rings. The van der Waals surface area contributed by atoms with Crippen molar-refractivity contribution in [2.75, 3.05) is 12.0 Å². The first kappa shape index (κ1) is 19.6. The standard InChI is InChI=1S/C22H16ClN3O4/c1-30-16-9-5-14(6-10-16)19(27)17-18(13-3-7-15(23)8-4-13)26(21(29)20(17)28)22-24-11-2-12-25-22/h2-12,18,27H,1H3/b19-17+. The maximum absolute atomic E-state index is 13.0. The number of amides is 1. The van der Waals surface area contributed by atoms with Crippen molar-refractivity contribution in [1.29, 1.82) is 0 Å². The number of rotatable bonds is 4. The number of ketones is 1. The predicted molar refractivity (Wildman–Crippen MR) is 111 cm³/mol. The minimum absolute atomic E-state index is 0.0556. The molecule has 1 aliphatic heterocycles. The fraction of sp³-hybridized carbons (Fsp3) is 0.0909. The van der Waals surface area contributed by atoms with Crippen LogP contribution < -0.4 is 9.64 Å². The number of carbonyl (C=O) groups is 2. The van der Waals surface area contributed by atoms with Crippen molar-refractivity contribution >= 4 is 35.0 Å². The SMILES string of the molecule is COc1ccc(/C(O)=C2\C(=O)C(=O)N(c3ncccn3)C2c2ccc(Cl)cc2)cc1. The molecule has 30 heavy (non-hydrogen) atoms. The van der Waals surface area contributed by atoms with Crippen LogP contribution in [0.15, 0.2) is 72.6 Å². The molecule has 7 nitrogen and oxygen atoms in total. The Labute approximate surface area is 177 Å². The Bertz CT molecular complexity index is 1130. The molecular weight excluding hydrogens is 406 g/mol. The van der Waals surface area contributed by atoms with Crippen LogP contribution in [0.4, 0.5) is 5.95 Å². The summed E-state index contributed by atoms with van der Waals surface area (Å²) in [4.78, 5) is 35.3. The Hall–Kier alpha value is -3.71. The molecule has 0 aliphatic carbocycles. The highest BCUT2D eigenvalue weighted by Crippen LogP contribution is 2.41. The molecule has 2 heterocycles. The van der Waals surface area contributed by atoms with Crippen LogP contribution in [-0.4, -0.2) is 33.9 Å². The summed E-state index contributed by atoms with van der Waals surface area (Å²) in [6.07, 6.45) is 2.95. The van der Waals surface area contributed by atoms with E-state index in [0.29, 0.717) is 21.9 Å². The Kier molecular flexibility index (Phi) is 5.20. The number of methoxy groups -OCH3 is 1. The number of aliphatic hydroxyl groups is 1. The fourth-order valence-corrected chi connectivity index (χ4v) is 3.45. The Morgan fingerprint density at radius 1 is 1.03 bits per heavy atom. The number of carbonyl (C=O) groups excluding carboxylic acids is 2. The molecular formula is C22H16ClN3O4. The van der Waals surface area contributed by atoms with Gasteiger partial charge < -0.3 is 9.84 Å². The summed E-state index contributed by atoms with van der Waals surface area (Å²) in [5, 5.41) is 11.5. The van der Waals surface area contributed by atoms with Gasteiger partial charge in [0.2, 0.25) is 5.95 Å². The first-order chi connectivity index (χ1) is 14.5. The van der Waals surface area contributed by atoms with Crippen LogP contribution in [0.2, 0.25) is 5.02 Å². The number of ether oxygens (including phenoxy) is 1. The summed E-state index contributed by atoms with van der Waals surface area (Å²) in [5.74, 6) is -1.28. The van der Waals surface area contributed by atoms with E-state index in [1.165, 1.54) is 24.4 Å². The zero-order chi connectivity index (χ0) is 21.3. The highest BCUT2D eigenvalue weighted by Gasteiger charge is 2.48. The van der Waals surface area contributed by atoms with Crippen molar-refractivity contribution in [2.45, 2.75) is 6.04 Å². The van der Waals surface area contributed by atoms with Crippen molar-refractivity contribution in [1.82, 2.24) is 9.97 Å². The summed E-state index contributed by atoms with van der Waals surface area (Å²) in [6, 6.07) is 13.9. The van der Waals surface area contributed by atoms with Gasteiger partial charge in [-0.3, -0.25) is 14.5 Å². The van der Waals surface area contributed by atoms with E-state index in [9.17, 15) is 14.7 Å². The lowest BCUT2D eigenvalue weighted by atomic mass is 9.95. The molecule has 1 atom stereocenters. The van der Waals surface area contributed by atoms with Crippen LogP contribution in [-0.2, 0) is 9.59 Å². The summed E-state index contributed by atoms with van der Waals surface area (Å²) in [7, 11) is 1.53. The number of benzene rings is 2. The van der Waals surface area contributed by atoms with Crippen LogP contribution in [0.25, 0.3) is 5.76 Å². The van der Waals surface area contributed by atoms with E-state index < -0.39 is 17.7 Å². The first-order valence-electron chi connectivity index (χ1n) is 8.99. The molecule has 2 aromatic carbocycles. The van der Waals surface area contributed by atoms with Gasteiger partial charge >= 0.3 is 5.91 Å². The number of Topliss-reactive ketones (excluding diaryl/α,β-unsaturated/α-hetero) is 1. The molecule has 4 rings (SSSR count). The van der Waals surface area contributed by atoms with E-state index in [-0.39, 0.29) is 17.3 Å². The third-order valence-electron chi connectivity index (χ3n) is 4.76. The molecule has 8 heteroatoms. The molecule has 1 unspecified atom stereocenters. The van der Waals surface area contributed by atoms with Crippen molar-refractivity contribution < 1.29 is 19.4 Å². The minimum Gasteiger partial charge on any atom is -0.507 e. The van der Waals surface area contributed by atoms with E-state index in [2.05, 4.69) is 9.97 Å². The summed E-state index contributed by atoms with van der Waals surface area (Å²) < 4.78 is 5.13.